The standard InChI is InChI=1S/C19H21N5O3/c25-16(11-14-12-20-23(13-14)15-7-3-1-4-8-15)22-24-17(26)19(21-18(24)27)9-5-2-6-10-19/h1,3-4,7-8,12-13H,2,5-6,9-11H2,(H,21,27)(H,22,25). The van der Waals surface area contributed by atoms with Gasteiger partial charge in [-0.1, -0.05) is 37.5 Å². The highest BCUT2D eigenvalue weighted by molar-refractivity contribution is 6.08. The van der Waals surface area contributed by atoms with E-state index < -0.39 is 17.5 Å². The van der Waals surface area contributed by atoms with Crippen LogP contribution in [0.1, 0.15) is 37.7 Å². The zero-order valence-electron chi connectivity index (χ0n) is 14.9. The zero-order chi connectivity index (χ0) is 18.9. The fraction of sp³-hybridized carbons (Fsp3) is 0.368. The Balaban J connectivity index is 1.40. The Labute approximate surface area is 156 Å². The van der Waals surface area contributed by atoms with Gasteiger partial charge in [-0.15, -0.1) is 0 Å². The van der Waals surface area contributed by atoms with E-state index in [4.69, 9.17) is 0 Å². The number of aromatic nitrogens is 2. The van der Waals surface area contributed by atoms with Crippen molar-refractivity contribution in [2.24, 2.45) is 0 Å². The molecule has 27 heavy (non-hydrogen) atoms. The predicted molar refractivity (Wildman–Crippen MR) is 96.6 cm³/mol. The van der Waals surface area contributed by atoms with Crippen LogP contribution in [0.25, 0.3) is 5.69 Å². The van der Waals surface area contributed by atoms with Crippen molar-refractivity contribution in [3.63, 3.8) is 0 Å². The van der Waals surface area contributed by atoms with Gasteiger partial charge < -0.3 is 5.32 Å². The highest BCUT2D eigenvalue weighted by Gasteiger charge is 2.52. The van der Waals surface area contributed by atoms with Gasteiger partial charge in [0.25, 0.3) is 5.91 Å². The molecule has 4 rings (SSSR count). The largest absolute Gasteiger partial charge is 0.344 e. The van der Waals surface area contributed by atoms with Gasteiger partial charge in [0.15, 0.2) is 0 Å². The molecule has 2 aliphatic rings. The predicted octanol–water partition coefficient (Wildman–Crippen LogP) is 1.70. The summed E-state index contributed by atoms with van der Waals surface area (Å²) in [6.45, 7) is 0. The second-order valence-electron chi connectivity index (χ2n) is 7.05. The van der Waals surface area contributed by atoms with Crippen LogP contribution in [0.3, 0.4) is 0 Å². The molecule has 0 atom stereocenters. The number of hydrazine groups is 1. The van der Waals surface area contributed by atoms with Gasteiger partial charge in [-0.05, 0) is 30.5 Å². The number of carbonyl (C=O) groups excluding carboxylic acids is 3. The molecule has 4 amide bonds. The van der Waals surface area contributed by atoms with Crippen molar-refractivity contribution in [1.29, 1.82) is 0 Å². The molecule has 0 radical (unpaired) electrons. The normalized spacial score (nSPS) is 18.6. The number of benzene rings is 1. The highest BCUT2D eigenvalue weighted by Crippen LogP contribution is 2.32. The molecule has 2 fully saturated rings. The van der Waals surface area contributed by atoms with Gasteiger partial charge in [-0.25, -0.2) is 9.48 Å². The van der Waals surface area contributed by atoms with E-state index in [9.17, 15) is 14.4 Å². The Morgan fingerprint density at radius 2 is 1.89 bits per heavy atom. The second kappa shape index (κ2) is 6.86. The first kappa shape index (κ1) is 17.3. The molecule has 2 heterocycles. The number of nitrogens with one attached hydrogen (secondary N) is 2. The summed E-state index contributed by atoms with van der Waals surface area (Å²) < 4.78 is 1.67. The molecule has 2 aromatic rings. The molecule has 8 nitrogen and oxygen atoms in total. The third-order valence-corrected chi connectivity index (χ3v) is 5.13. The van der Waals surface area contributed by atoms with Gasteiger partial charge >= 0.3 is 6.03 Å². The summed E-state index contributed by atoms with van der Waals surface area (Å²) in [7, 11) is 0. The van der Waals surface area contributed by atoms with Gasteiger partial charge in [0.05, 0.1) is 18.3 Å². The number of hydrogen-bond donors (Lipinski definition) is 2. The number of rotatable bonds is 4. The van der Waals surface area contributed by atoms with Gasteiger partial charge in [0.1, 0.15) is 5.54 Å². The van der Waals surface area contributed by atoms with Crippen LogP contribution in [-0.4, -0.2) is 38.2 Å². The summed E-state index contributed by atoms with van der Waals surface area (Å²) in [4.78, 5) is 37.2. The van der Waals surface area contributed by atoms with Crippen LogP contribution in [0.2, 0.25) is 0 Å². The average Bonchev–Trinajstić information content (AvgIpc) is 3.22. The molecule has 1 aromatic carbocycles. The molecule has 1 spiro atoms. The molecule has 8 heteroatoms. The lowest BCUT2D eigenvalue weighted by Gasteiger charge is -2.30. The molecule has 2 N–H and O–H groups in total. The third kappa shape index (κ3) is 3.30. The Bertz CT molecular complexity index is 870. The summed E-state index contributed by atoms with van der Waals surface area (Å²) in [5.41, 5.74) is 3.17. The van der Waals surface area contributed by atoms with Gasteiger partial charge in [0.2, 0.25) is 5.91 Å². The maximum Gasteiger partial charge on any atom is 0.344 e. The summed E-state index contributed by atoms with van der Waals surface area (Å²) in [6, 6.07) is 8.99. The summed E-state index contributed by atoms with van der Waals surface area (Å²) in [6.07, 6.45) is 7.46. The van der Waals surface area contributed by atoms with Gasteiger partial charge in [-0.2, -0.15) is 10.1 Å². The average molecular weight is 367 g/mol. The highest BCUT2D eigenvalue weighted by atomic mass is 16.2. The minimum absolute atomic E-state index is 0.0247. The molecular weight excluding hydrogens is 346 g/mol. The minimum atomic E-state index is -0.846. The third-order valence-electron chi connectivity index (χ3n) is 5.13. The van der Waals surface area contributed by atoms with Crippen LogP contribution in [0.15, 0.2) is 42.7 Å². The van der Waals surface area contributed by atoms with Crippen LogP contribution in [-0.2, 0) is 16.0 Å². The fourth-order valence-electron chi connectivity index (χ4n) is 3.74. The second-order valence-corrected chi connectivity index (χ2v) is 7.05. The fourth-order valence-corrected chi connectivity index (χ4v) is 3.74. The molecule has 1 saturated heterocycles. The van der Waals surface area contributed by atoms with Gasteiger partial charge in [-0.3, -0.25) is 15.0 Å². The van der Waals surface area contributed by atoms with E-state index in [1.807, 2.05) is 30.3 Å². The van der Waals surface area contributed by atoms with Crippen LogP contribution in [0.5, 0.6) is 0 Å². The smallest absolute Gasteiger partial charge is 0.322 e. The molecular formula is C19H21N5O3. The first-order valence-electron chi connectivity index (χ1n) is 9.13. The lowest BCUT2D eigenvalue weighted by atomic mass is 9.82. The number of hydrogen-bond acceptors (Lipinski definition) is 4. The molecule has 0 unspecified atom stereocenters. The van der Waals surface area contributed by atoms with Crippen molar-refractivity contribution in [2.45, 2.75) is 44.1 Å². The first-order valence-corrected chi connectivity index (χ1v) is 9.13. The SMILES string of the molecule is O=C(Cc1cnn(-c2ccccc2)c1)NN1C(=O)NC2(CCCCC2)C1=O. The lowest BCUT2D eigenvalue weighted by Crippen LogP contribution is -2.51. The van der Waals surface area contributed by atoms with Crippen LogP contribution < -0.4 is 10.7 Å². The van der Waals surface area contributed by atoms with Crippen molar-refractivity contribution in [2.75, 3.05) is 0 Å². The maximum absolute atomic E-state index is 12.7. The zero-order valence-corrected chi connectivity index (χ0v) is 14.9. The molecule has 1 saturated carbocycles. The number of urea groups is 1. The molecule has 140 valence electrons. The van der Waals surface area contributed by atoms with Crippen molar-refractivity contribution >= 4 is 17.8 Å². The van der Waals surface area contributed by atoms with Crippen LogP contribution in [0.4, 0.5) is 4.79 Å². The first-order chi connectivity index (χ1) is 13.1. The number of nitrogens with zero attached hydrogens (tertiary/aromatic N) is 3. The Morgan fingerprint density at radius 3 is 2.63 bits per heavy atom. The maximum atomic E-state index is 12.7. The summed E-state index contributed by atoms with van der Waals surface area (Å²) in [5, 5.41) is 7.85. The Hall–Kier alpha value is -3.16. The van der Waals surface area contributed by atoms with E-state index in [1.165, 1.54) is 0 Å². The Kier molecular flexibility index (Phi) is 4.39. The summed E-state index contributed by atoms with van der Waals surface area (Å²) in [5.74, 6) is -0.792. The summed E-state index contributed by atoms with van der Waals surface area (Å²) >= 11 is 0. The quantitative estimate of drug-likeness (QED) is 0.804. The molecule has 1 aromatic heterocycles. The van der Waals surface area contributed by atoms with Gasteiger partial charge in [0, 0.05) is 6.20 Å². The number of imide groups is 1. The van der Waals surface area contributed by atoms with E-state index in [0.717, 1.165) is 30.0 Å². The topological polar surface area (TPSA) is 96.3 Å². The number of para-hydroxylation sites is 1. The Morgan fingerprint density at radius 1 is 1.15 bits per heavy atom. The molecule has 1 aliphatic carbocycles. The van der Waals surface area contributed by atoms with Crippen molar-refractivity contribution in [3.05, 3.63) is 48.3 Å². The van der Waals surface area contributed by atoms with Crippen molar-refractivity contribution in [3.8, 4) is 5.69 Å². The van der Waals surface area contributed by atoms with E-state index in [1.54, 1.807) is 17.1 Å². The number of amides is 4. The van der Waals surface area contributed by atoms with E-state index >= 15 is 0 Å². The molecule has 1 aliphatic heterocycles. The van der Waals surface area contributed by atoms with E-state index in [0.29, 0.717) is 18.4 Å². The van der Waals surface area contributed by atoms with Crippen molar-refractivity contribution < 1.29 is 14.4 Å². The van der Waals surface area contributed by atoms with Crippen molar-refractivity contribution in [1.82, 2.24) is 25.5 Å². The van der Waals surface area contributed by atoms with Crippen LogP contribution >= 0.6 is 0 Å². The monoisotopic (exact) mass is 367 g/mol. The van der Waals surface area contributed by atoms with E-state index in [-0.39, 0.29) is 12.3 Å². The van der Waals surface area contributed by atoms with E-state index in [2.05, 4.69) is 15.8 Å². The molecule has 0 bridgehead atoms. The van der Waals surface area contributed by atoms with Crippen LogP contribution in [0, 0.1) is 0 Å². The number of carbonyl (C=O) groups is 3. The lowest BCUT2D eigenvalue weighted by molar-refractivity contribution is -0.139. The minimum Gasteiger partial charge on any atom is -0.322 e.